The van der Waals surface area contributed by atoms with Crippen LogP contribution in [0, 0.1) is 6.92 Å². The van der Waals surface area contributed by atoms with Crippen molar-refractivity contribution in [3.05, 3.63) is 65.6 Å². The van der Waals surface area contributed by atoms with E-state index in [1.165, 1.54) is 16.8 Å². The molecule has 0 unspecified atom stereocenters. The Labute approximate surface area is 195 Å². The van der Waals surface area contributed by atoms with Crippen LogP contribution in [0.4, 0.5) is 5.69 Å². The molecule has 0 bridgehead atoms. The zero-order chi connectivity index (χ0) is 23.6. The number of hydrogen-bond donors (Lipinski definition) is 1. The Morgan fingerprint density at radius 1 is 1.12 bits per heavy atom. The molecule has 0 saturated heterocycles. The van der Waals surface area contributed by atoms with Gasteiger partial charge < -0.3 is 9.88 Å². The van der Waals surface area contributed by atoms with E-state index in [1.807, 2.05) is 24.3 Å². The molecule has 0 atom stereocenters. The number of fused-ring (bicyclic) bond motifs is 1. The maximum absolute atomic E-state index is 13.0. The molecule has 2 heterocycles. The van der Waals surface area contributed by atoms with Gasteiger partial charge in [0.25, 0.3) is 5.91 Å². The number of sulfonamides is 1. The first-order valence-electron chi connectivity index (χ1n) is 11.4. The van der Waals surface area contributed by atoms with E-state index in [4.69, 9.17) is 4.98 Å². The monoisotopic (exact) mass is 466 g/mol. The van der Waals surface area contributed by atoms with Crippen LogP contribution in [0.15, 0.2) is 53.6 Å². The van der Waals surface area contributed by atoms with Gasteiger partial charge in [0.1, 0.15) is 5.82 Å². The molecule has 0 fully saturated rings. The topological polar surface area (TPSA) is 84.3 Å². The SMILES string of the molecule is CCN(CC)S(=O)(=O)c1cc(C(=O)Nc2cccc(-c3cn4c(n3)CCCC4)c2)ccc1C. The first-order valence-corrected chi connectivity index (χ1v) is 12.9. The summed E-state index contributed by atoms with van der Waals surface area (Å²) < 4.78 is 29.6. The molecule has 1 aromatic heterocycles. The number of nitrogens with zero attached hydrogens (tertiary/aromatic N) is 3. The minimum absolute atomic E-state index is 0.163. The molecule has 4 rings (SSSR count). The Hall–Kier alpha value is -2.97. The second kappa shape index (κ2) is 9.49. The minimum Gasteiger partial charge on any atom is -0.334 e. The Morgan fingerprint density at radius 3 is 2.64 bits per heavy atom. The summed E-state index contributed by atoms with van der Waals surface area (Å²) in [7, 11) is -3.66. The van der Waals surface area contributed by atoms with Crippen molar-refractivity contribution in [2.45, 2.75) is 51.5 Å². The van der Waals surface area contributed by atoms with E-state index in [2.05, 4.69) is 16.1 Å². The summed E-state index contributed by atoms with van der Waals surface area (Å²) in [5.74, 6) is 0.750. The minimum atomic E-state index is -3.66. The molecule has 1 N–H and O–H groups in total. The molecular weight excluding hydrogens is 436 g/mol. The van der Waals surface area contributed by atoms with Crippen LogP contribution in [0.25, 0.3) is 11.3 Å². The zero-order valence-electron chi connectivity index (χ0n) is 19.3. The van der Waals surface area contributed by atoms with Crippen molar-refractivity contribution in [2.24, 2.45) is 0 Å². The number of aromatic nitrogens is 2. The molecule has 3 aromatic rings. The fourth-order valence-electron chi connectivity index (χ4n) is 4.23. The van der Waals surface area contributed by atoms with Gasteiger partial charge in [0.2, 0.25) is 10.0 Å². The summed E-state index contributed by atoms with van der Waals surface area (Å²) in [6.45, 7) is 7.09. The van der Waals surface area contributed by atoms with Gasteiger partial charge in [0, 0.05) is 49.1 Å². The number of rotatable bonds is 7. The summed E-state index contributed by atoms with van der Waals surface area (Å²) >= 11 is 0. The average Bonchev–Trinajstić information content (AvgIpc) is 3.24. The van der Waals surface area contributed by atoms with E-state index in [0.717, 1.165) is 36.5 Å². The lowest BCUT2D eigenvalue weighted by Crippen LogP contribution is -2.31. The van der Waals surface area contributed by atoms with Gasteiger partial charge in [-0.05, 0) is 49.6 Å². The molecular formula is C25H30N4O3S. The van der Waals surface area contributed by atoms with Crippen molar-refractivity contribution in [1.82, 2.24) is 13.9 Å². The fourth-order valence-corrected chi connectivity index (χ4v) is 5.94. The zero-order valence-corrected chi connectivity index (χ0v) is 20.2. The lowest BCUT2D eigenvalue weighted by molar-refractivity contribution is 0.102. The largest absolute Gasteiger partial charge is 0.334 e. The van der Waals surface area contributed by atoms with Gasteiger partial charge in [-0.1, -0.05) is 32.0 Å². The smallest absolute Gasteiger partial charge is 0.255 e. The van der Waals surface area contributed by atoms with Crippen molar-refractivity contribution in [1.29, 1.82) is 0 Å². The first kappa shape index (κ1) is 23.2. The second-order valence-electron chi connectivity index (χ2n) is 8.30. The third-order valence-corrected chi connectivity index (χ3v) is 8.29. The summed E-state index contributed by atoms with van der Waals surface area (Å²) in [6.07, 6.45) is 5.39. The summed E-state index contributed by atoms with van der Waals surface area (Å²) in [4.78, 5) is 17.9. The predicted molar refractivity (Wildman–Crippen MR) is 130 cm³/mol. The van der Waals surface area contributed by atoms with Crippen LogP contribution in [0.5, 0.6) is 0 Å². The molecule has 7 nitrogen and oxygen atoms in total. The van der Waals surface area contributed by atoms with E-state index in [-0.39, 0.29) is 10.8 Å². The molecule has 0 spiro atoms. The molecule has 0 aliphatic carbocycles. The molecule has 33 heavy (non-hydrogen) atoms. The van der Waals surface area contributed by atoms with E-state index < -0.39 is 10.0 Å². The number of nitrogens with one attached hydrogen (secondary N) is 1. The average molecular weight is 467 g/mol. The maximum Gasteiger partial charge on any atom is 0.255 e. The molecule has 8 heteroatoms. The van der Waals surface area contributed by atoms with Gasteiger partial charge >= 0.3 is 0 Å². The van der Waals surface area contributed by atoms with Crippen LogP contribution >= 0.6 is 0 Å². The molecule has 0 saturated carbocycles. The van der Waals surface area contributed by atoms with Gasteiger partial charge in [-0.25, -0.2) is 13.4 Å². The van der Waals surface area contributed by atoms with Gasteiger partial charge in [0.05, 0.1) is 10.6 Å². The quantitative estimate of drug-likeness (QED) is 0.557. The van der Waals surface area contributed by atoms with Crippen molar-refractivity contribution in [2.75, 3.05) is 18.4 Å². The number of imidazole rings is 1. The number of benzene rings is 2. The number of aryl methyl sites for hydroxylation is 3. The van der Waals surface area contributed by atoms with E-state index >= 15 is 0 Å². The molecule has 1 amide bonds. The molecule has 2 aromatic carbocycles. The van der Waals surface area contributed by atoms with Crippen molar-refractivity contribution in [3.8, 4) is 11.3 Å². The highest BCUT2D eigenvalue weighted by Gasteiger charge is 2.25. The molecule has 1 aliphatic heterocycles. The van der Waals surface area contributed by atoms with Crippen molar-refractivity contribution >= 4 is 21.6 Å². The normalized spacial score (nSPS) is 13.7. The van der Waals surface area contributed by atoms with Crippen molar-refractivity contribution in [3.63, 3.8) is 0 Å². The highest BCUT2D eigenvalue weighted by molar-refractivity contribution is 7.89. The fraction of sp³-hybridized carbons (Fsp3) is 0.360. The van der Waals surface area contributed by atoms with Gasteiger partial charge in [-0.2, -0.15) is 4.31 Å². The second-order valence-corrected chi connectivity index (χ2v) is 10.2. The number of carbonyl (C=O) groups is 1. The van der Waals surface area contributed by atoms with E-state index in [1.54, 1.807) is 32.9 Å². The third-order valence-electron chi connectivity index (χ3n) is 6.10. The summed E-state index contributed by atoms with van der Waals surface area (Å²) in [6, 6.07) is 12.4. The number of anilines is 1. The lowest BCUT2D eigenvalue weighted by atomic mass is 10.1. The van der Waals surface area contributed by atoms with Crippen molar-refractivity contribution < 1.29 is 13.2 Å². The highest BCUT2D eigenvalue weighted by Crippen LogP contribution is 2.26. The molecule has 1 aliphatic rings. The van der Waals surface area contributed by atoms with Crippen LogP contribution < -0.4 is 5.32 Å². The van der Waals surface area contributed by atoms with Gasteiger partial charge in [0.15, 0.2) is 0 Å². The Morgan fingerprint density at radius 2 is 1.91 bits per heavy atom. The molecule has 174 valence electrons. The summed E-state index contributed by atoms with van der Waals surface area (Å²) in [5.41, 5.74) is 3.38. The maximum atomic E-state index is 13.0. The predicted octanol–water partition coefficient (Wildman–Crippen LogP) is 4.48. The van der Waals surface area contributed by atoms with E-state index in [9.17, 15) is 13.2 Å². The van der Waals surface area contributed by atoms with Crippen LogP contribution in [0.2, 0.25) is 0 Å². The first-order chi connectivity index (χ1) is 15.8. The van der Waals surface area contributed by atoms with Crippen LogP contribution in [0.1, 0.15) is 48.4 Å². The van der Waals surface area contributed by atoms with Gasteiger partial charge in [-0.3, -0.25) is 4.79 Å². The van der Waals surface area contributed by atoms with Crippen LogP contribution in [0.3, 0.4) is 0 Å². The third kappa shape index (κ3) is 4.72. The summed E-state index contributed by atoms with van der Waals surface area (Å²) in [5, 5.41) is 2.90. The number of carbonyl (C=O) groups excluding carboxylic acids is 1. The van der Waals surface area contributed by atoms with Crippen LogP contribution in [-0.4, -0.2) is 41.3 Å². The van der Waals surface area contributed by atoms with Gasteiger partial charge in [-0.15, -0.1) is 0 Å². The number of amides is 1. The molecule has 0 radical (unpaired) electrons. The highest BCUT2D eigenvalue weighted by atomic mass is 32.2. The Balaban J connectivity index is 1.58. The van der Waals surface area contributed by atoms with E-state index in [0.29, 0.717) is 29.9 Å². The Bertz CT molecular complexity index is 1250. The lowest BCUT2D eigenvalue weighted by Gasteiger charge is -2.20. The standard InChI is InChI=1S/C25H30N4O3S/c1-4-29(5-2)33(31,32)23-16-20(13-12-18(23)3)25(30)26-21-10-8-9-19(15-21)22-17-28-14-7-6-11-24(28)27-22/h8-10,12-13,15-17H,4-7,11,14H2,1-3H3,(H,26,30). The van der Waals surface area contributed by atoms with Crippen LogP contribution in [-0.2, 0) is 23.0 Å². The Kier molecular flexibility index (Phi) is 6.67. The number of hydrogen-bond acceptors (Lipinski definition) is 4.